The zero-order valence-corrected chi connectivity index (χ0v) is 11.4. The molecule has 0 aliphatic carbocycles. The van der Waals surface area contributed by atoms with Gasteiger partial charge in [0.25, 0.3) is 0 Å². The molecule has 18 heavy (non-hydrogen) atoms. The van der Waals surface area contributed by atoms with E-state index < -0.39 is 0 Å². The molecule has 0 bridgehead atoms. The van der Waals surface area contributed by atoms with Crippen LogP contribution in [0.5, 0.6) is 0 Å². The molecule has 0 aliphatic heterocycles. The van der Waals surface area contributed by atoms with Gasteiger partial charge >= 0.3 is 0 Å². The number of rotatable bonds is 2. The van der Waals surface area contributed by atoms with Gasteiger partial charge in [0.15, 0.2) is 6.21 Å². The van der Waals surface area contributed by atoms with E-state index in [2.05, 4.69) is 0 Å². The van der Waals surface area contributed by atoms with Crippen molar-refractivity contribution in [1.82, 2.24) is 0 Å². The molecule has 0 atom stereocenters. The van der Waals surface area contributed by atoms with Crippen LogP contribution in [0.3, 0.4) is 0 Å². The van der Waals surface area contributed by atoms with Gasteiger partial charge in [0.05, 0.1) is 20.6 Å². The summed E-state index contributed by atoms with van der Waals surface area (Å²) in [5.41, 5.74) is 0.897. The zero-order valence-electron chi connectivity index (χ0n) is 9.11. The summed E-state index contributed by atoms with van der Waals surface area (Å²) in [4.78, 5) is 0. The molecule has 0 aromatic heterocycles. The first-order valence-corrected chi connectivity index (χ1v) is 6.23. The van der Waals surface area contributed by atoms with E-state index >= 15 is 0 Å². The van der Waals surface area contributed by atoms with Crippen LogP contribution >= 0.6 is 34.8 Å². The Bertz CT molecular complexity index is 597. The fraction of sp³-hybridized carbons (Fsp3) is 0. The molecule has 0 fully saturated rings. The smallest absolute Gasteiger partial charge is 0.216 e. The van der Waals surface area contributed by atoms with Crippen LogP contribution in [-0.2, 0) is 0 Å². The van der Waals surface area contributed by atoms with E-state index in [4.69, 9.17) is 34.8 Å². The summed E-state index contributed by atoms with van der Waals surface area (Å²) < 4.78 is 0.698. The Kier molecular flexibility index (Phi) is 4.12. The Morgan fingerprint density at radius 3 is 2.17 bits per heavy atom. The quantitative estimate of drug-likeness (QED) is 0.254. The Balaban J connectivity index is 2.49. The molecule has 0 amide bonds. The van der Waals surface area contributed by atoms with Crippen LogP contribution in [0, 0.1) is 5.21 Å². The molecule has 0 N–H and O–H groups in total. The third kappa shape index (κ3) is 2.78. The SMILES string of the molecule is [O-][N+](=Cc1c(Cl)ccc(Cl)c1Cl)c1ccccc1. The van der Waals surface area contributed by atoms with E-state index in [1.807, 2.05) is 6.07 Å². The first kappa shape index (κ1) is 13.2. The van der Waals surface area contributed by atoms with Crippen LogP contribution in [0.4, 0.5) is 5.69 Å². The lowest BCUT2D eigenvalue weighted by molar-refractivity contribution is -0.354. The first-order valence-electron chi connectivity index (χ1n) is 5.09. The van der Waals surface area contributed by atoms with E-state index in [0.717, 1.165) is 0 Å². The van der Waals surface area contributed by atoms with Crippen molar-refractivity contribution in [3.05, 3.63) is 68.3 Å². The Labute approximate surface area is 120 Å². The molecule has 2 rings (SSSR count). The van der Waals surface area contributed by atoms with Crippen molar-refractivity contribution < 1.29 is 4.74 Å². The van der Waals surface area contributed by atoms with Crippen LogP contribution in [0.2, 0.25) is 15.1 Å². The van der Waals surface area contributed by atoms with Gasteiger partial charge in [-0.25, -0.2) is 0 Å². The molecule has 0 aliphatic rings. The predicted octanol–water partition coefficient (Wildman–Crippen LogP) is 4.91. The summed E-state index contributed by atoms with van der Waals surface area (Å²) in [6.45, 7) is 0. The molecular weight excluding hydrogens is 293 g/mol. The lowest BCUT2D eigenvalue weighted by Gasteiger charge is -2.05. The molecule has 0 saturated heterocycles. The first-order chi connectivity index (χ1) is 8.59. The number of hydrogen-bond donors (Lipinski definition) is 0. The summed E-state index contributed by atoms with van der Waals surface area (Å²) in [5, 5.41) is 12.9. The van der Waals surface area contributed by atoms with Gasteiger partial charge in [0, 0.05) is 12.1 Å². The van der Waals surface area contributed by atoms with E-state index in [1.54, 1.807) is 36.4 Å². The summed E-state index contributed by atoms with van der Waals surface area (Å²) in [6.07, 6.45) is 1.31. The number of benzene rings is 2. The molecule has 2 nitrogen and oxygen atoms in total. The number of para-hydroxylation sites is 1. The minimum absolute atomic E-state index is 0.265. The van der Waals surface area contributed by atoms with Crippen molar-refractivity contribution in [3.63, 3.8) is 0 Å². The second-order valence-electron chi connectivity index (χ2n) is 3.55. The molecule has 0 saturated carbocycles. The maximum Gasteiger partial charge on any atom is 0.216 e. The molecule has 2 aromatic rings. The Morgan fingerprint density at radius 1 is 0.889 bits per heavy atom. The Hall–Kier alpha value is -1.22. The largest absolute Gasteiger partial charge is 0.618 e. The second kappa shape index (κ2) is 5.61. The molecular formula is C13H8Cl3NO. The zero-order chi connectivity index (χ0) is 13.1. The summed E-state index contributed by atoms with van der Waals surface area (Å²) in [6, 6.07) is 11.9. The highest BCUT2D eigenvalue weighted by molar-refractivity contribution is 6.45. The topological polar surface area (TPSA) is 26.1 Å². The van der Waals surface area contributed by atoms with Gasteiger partial charge < -0.3 is 5.21 Å². The lowest BCUT2D eigenvalue weighted by atomic mass is 10.2. The monoisotopic (exact) mass is 299 g/mol. The van der Waals surface area contributed by atoms with Crippen LogP contribution in [-0.4, -0.2) is 11.0 Å². The number of halogens is 3. The van der Waals surface area contributed by atoms with E-state index in [9.17, 15) is 5.21 Å². The van der Waals surface area contributed by atoms with Crippen molar-refractivity contribution in [3.8, 4) is 0 Å². The van der Waals surface area contributed by atoms with Gasteiger partial charge in [-0.1, -0.05) is 53.0 Å². The molecule has 5 heteroatoms. The van der Waals surface area contributed by atoms with Gasteiger partial charge in [-0.2, -0.15) is 4.74 Å². The summed E-state index contributed by atoms with van der Waals surface area (Å²) in [7, 11) is 0. The van der Waals surface area contributed by atoms with Gasteiger partial charge in [0.1, 0.15) is 0 Å². The molecule has 0 radical (unpaired) electrons. The third-order valence-corrected chi connectivity index (χ3v) is 3.48. The molecule has 2 aromatic carbocycles. The maximum atomic E-state index is 11.9. The highest BCUT2D eigenvalue weighted by atomic mass is 35.5. The van der Waals surface area contributed by atoms with E-state index in [1.165, 1.54) is 6.21 Å². The summed E-state index contributed by atoms with van der Waals surface area (Å²) in [5.74, 6) is 0. The van der Waals surface area contributed by atoms with Crippen LogP contribution in [0.1, 0.15) is 5.56 Å². The van der Waals surface area contributed by atoms with Crippen molar-refractivity contribution in [2.24, 2.45) is 0 Å². The van der Waals surface area contributed by atoms with E-state index in [0.29, 0.717) is 26.0 Å². The van der Waals surface area contributed by atoms with Crippen LogP contribution in [0.25, 0.3) is 0 Å². The van der Waals surface area contributed by atoms with Crippen LogP contribution in [0.15, 0.2) is 42.5 Å². The highest BCUT2D eigenvalue weighted by Crippen LogP contribution is 2.30. The van der Waals surface area contributed by atoms with Crippen LogP contribution < -0.4 is 0 Å². The van der Waals surface area contributed by atoms with Crippen molar-refractivity contribution in [2.45, 2.75) is 0 Å². The van der Waals surface area contributed by atoms with Crippen molar-refractivity contribution >= 4 is 46.7 Å². The number of nitrogens with zero attached hydrogens (tertiary/aromatic N) is 1. The summed E-state index contributed by atoms with van der Waals surface area (Å²) >= 11 is 17.9. The minimum Gasteiger partial charge on any atom is -0.618 e. The minimum atomic E-state index is 0.265. The molecule has 0 unspecified atom stereocenters. The Morgan fingerprint density at radius 2 is 1.50 bits per heavy atom. The average Bonchev–Trinajstić information content (AvgIpc) is 2.40. The molecule has 0 spiro atoms. The van der Waals surface area contributed by atoms with Gasteiger partial charge in [0.2, 0.25) is 5.69 Å². The van der Waals surface area contributed by atoms with Gasteiger partial charge in [-0.05, 0) is 12.1 Å². The molecule has 92 valence electrons. The highest BCUT2D eigenvalue weighted by Gasteiger charge is 2.11. The predicted molar refractivity (Wildman–Crippen MR) is 76.4 cm³/mol. The fourth-order valence-electron chi connectivity index (χ4n) is 1.43. The maximum absolute atomic E-state index is 11.9. The average molecular weight is 301 g/mol. The third-order valence-electron chi connectivity index (χ3n) is 2.34. The normalized spacial score (nSPS) is 11.6. The van der Waals surface area contributed by atoms with Crippen molar-refractivity contribution in [2.75, 3.05) is 0 Å². The molecule has 0 heterocycles. The standard InChI is InChI=1S/C13H8Cl3NO/c14-11-6-7-12(15)13(16)10(11)8-17(18)9-4-2-1-3-5-9/h1-8H. The lowest BCUT2D eigenvalue weighted by Crippen LogP contribution is -2.00. The van der Waals surface area contributed by atoms with Gasteiger partial charge in [-0.15, -0.1) is 0 Å². The van der Waals surface area contributed by atoms with E-state index in [-0.39, 0.29) is 5.02 Å². The second-order valence-corrected chi connectivity index (χ2v) is 4.74. The fourth-order valence-corrected chi connectivity index (χ4v) is 2.06. The van der Waals surface area contributed by atoms with Gasteiger partial charge in [-0.3, -0.25) is 0 Å². The number of hydrogen-bond acceptors (Lipinski definition) is 1. The van der Waals surface area contributed by atoms with Crippen molar-refractivity contribution in [1.29, 1.82) is 0 Å².